The molecule has 2 aromatic rings. The van der Waals surface area contributed by atoms with Crippen LogP contribution < -0.4 is 5.32 Å². The predicted molar refractivity (Wildman–Crippen MR) is 91.8 cm³/mol. The summed E-state index contributed by atoms with van der Waals surface area (Å²) >= 11 is 0. The van der Waals surface area contributed by atoms with Gasteiger partial charge in [-0.2, -0.15) is 10.1 Å². The number of aryl methyl sites for hydroxylation is 3. The highest BCUT2D eigenvalue weighted by Gasteiger charge is 2.26. The van der Waals surface area contributed by atoms with Crippen LogP contribution in [0.1, 0.15) is 29.1 Å². The van der Waals surface area contributed by atoms with E-state index in [-0.39, 0.29) is 24.1 Å². The van der Waals surface area contributed by atoms with E-state index in [9.17, 15) is 10.1 Å². The van der Waals surface area contributed by atoms with Crippen LogP contribution in [0, 0.1) is 24.0 Å². The van der Waals surface area contributed by atoms with Crippen molar-refractivity contribution in [1.29, 1.82) is 0 Å². The van der Waals surface area contributed by atoms with Gasteiger partial charge in [-0.1, -0.05) is 5.16 Å². The summed E-state index contributed by atoms with van der Waals surface area (Å²) in [5.74, 6) is 1.18. The van der Waals surface area contributed by atoms with Gasteiger partial charge in [0.25, 0.3) is 0 Å². The molecule has 1 aliphatic rings. The Hall–Kier alpha value is -2.04. The van der Waals surface area contributed by atoms with E-state index in [1.54, 1.807) is 18.5 Å². The summed E-state index contributed by atoms with van der Waals surface area (Å²) in [6.07, 6.45) is 0.482. The summed E-state index contributed by atoms with van der Waals surface area (Å²) in [5.41, 5.74) is 1.02. The minimum Gasteiger partial charge on any atom is -0.339 e. The Morgan fingerprint density at radius 1 is 1.44 bits per heavy atom. The van der Waals surface area contributed by atoms with Crippen LogP contribution in [0.4, 0.5) is 5.69 Å². The lowest BCUT2D eigenvalue weighted by Crippen LogP contribution is -2.44. The van der Waals surface area contributed by atoms with Crippen molar-refractivity contribution in [3.63, 3.8) is 0 Å². The van der Waals surface area contributed by atoms with E-state index in [4.69, 9.17) is 4.52 Å². The number of nitro groups is 1. The molecular weight excluding hydrogens is 350 g/mol. The highest BCUT2D eigenvalue weighted by atomic mass is 35.5. The van der Waals surface area contributed by atoms with Crippen LogP contribution in [-0.2, 0) is 13.0 Å². The van der Waals surface area contributed by atoms with Crippen molar-refractivity contribution < 1.29 is 9.45 Å². The van der Waals surface area contributed by atoms with Crippen molar-refractivity contribution >= 4 is 18.1 Å². The first-order valence-corrected chi connectivity index (χ1v) is 7.89. The molecule has 1 N–H and O–H groups in total. The number of nitrogens with zero attached hydrogens (tertiary/aromatic N) is 6. The van der Waals surface area contributed by atoms with Gasteiger partial charge >= 0.3 is 5.69 Å². The number of likely N-dealkylation sites (N-methyl/N-ethyl adjacent to an activating group) is 1. The Labute approximate surface area is 151 Å². The lowest BCUT2D eigenvalue weighted by molar-refractivity contribution is -0.386. The SMILES string of the molecule is Cc1nn(CCc2nc(C3CNCCN3C)no2)c(C)c1[N+](=O)[O-].Cl. The van der Waals surface area contributed by atoms with Gasteiger partial charge in [0.05, 0.1) is 17.5 Å². The second-order valence-electron chi connectivity index (χ2n) is 6.00. The van der Waals surface area contributed by atoms with Crippen LogP contribution in [-0.4, -0.2) is 56.4 Å². The van der Waals surface area contributed by atoms with Crippen molar-refractivity contribution in [2.24, 2.45) is 0 Å². The summed E-state index contributed by atoms with van der Waals surface area (Å²) in [4.78, 5) is 17.3. The summed E-state index contributed by atoms with van der Waals surface area (Å²) in [6.45, 7) is 6.47. The minimum atomic E-state index is -0.398. The highest BCUT2D eigenvalue weighted by molar-refractivity contribution is 5.85. The van der Waals surface area contributed by atoms with Gasteiger partial charge in [-0.3, -0.25) is 19.7 Å². The van der Waals surface area contributed by atoms with Crippen LogP contribution in [0.5, 0.6) is 0 Å². The monoisotopic (exact) mass is 371 g/mol. The van der Waals surface area contributed by atoms with E-state index in [0.717, 1.165) is 19.6 Å². The normalized spacial score (nSPS) is 18.1. The van der Waals surface area contributed by atoms with E-state index in [2.05, 4.69) is 25.5 Å². The Kier molecular flexibility index (Phi) is 6.09. The first kappa shape index (κ1) is 19.3. The smallest absolute Gasteiger partial charge is 0.312 e. The van der Waals surface area contributed by atoms with E-state index < -0.39 is 4.92 Å². The number of hydrogen-bond acceptors (Lipinski definition) is 8. The zero-order valence-electron chi connectivity index (χ0n) is 14.4. The fourth-order valence-electron chi connectivity index (χ4n) is 2.97. The maximum absolute atomic E-state index is 11.0. The second-order valence-corrected chi connectivity index (χ2v) is 6.00. The molecule has 0 bridgehead atoms. The van der Waals surface area contributed by atoms with Crippen molar-refractivity contribution in [3.05, 3.63) is 33.2 Å². The average molecular weight is 372 g/mol. The molecular formula is C14H22ClN7O3. The molecule has 0 spiro atoms. The Bertz CT molecular complexity index is 745. The standard InChI is InChI=1S/C14H21N7O3.ClH/c1-9-13(21(22)23)10(2)20(17-9)6-4-12-16-14(18-24-12)11-8-15-5-7-19(11)3;/h11,15H,4-8H2,1-3H3;1H. The summed E-state index contributed by atoms with van der Waals surface area (Å²) < 4.78 is 6.94. The third kappa shape index (κ3) is 3.97. The van der Waals surface area contributed by atoms with Crippen LogP contribution in [0.15, 0.2) is 4.52 Å². The number of piperazine rings is 1. The minimum absolute atomic E-state index is 0. The van der Waals surface area contributed by atoms with Gasteiger partial charge in [0.1, 0.15) is 11.4 Å². The fraction of sp³-hybridized carbons (Fsp3) is 0.643. The highest BCUT2D eigenvalue weighted by Crippen LogP contribution is 2.22. The van der Waals surface area contributed by atoms with Crippen LogP contribution in [0.3, 0.4) is 0 Å². The topological polar surface area (TPSA) is 115 Å². The largest absolute Gasteiger partial charge is 0.339 e. The molecule has 0 amide bonds. The van der Waals surface area contributed by atoms with Crippen molar-refractivity contribution in [2.45, 2.75) is 32.9 Å². The molecule has 2 aromatic heterocycles. The molecule has 25 heavy (non-hydrogen) atoms. The molecule has 3 heterocycles. The lowest BCUT2D eigenvalue weighted by Gasteiger charge is -2.30. The van der Waals surface area contributed by atoms with Gasteiger partial charge < -0.3 is 9.84 Å². The third-order valence-electron chi connectivity index (χ3n) is 4.36. The first-order valence-electron chi connectivity index (χ1n) is 7.89. The molecule has 1 fully saturated rings. The molecule has 3 rings (SSSR count). The molecule has 10 nitrogen and oxygen atoms in total. The predicted octanol–water partition coefficient (Wildman–Crippen LogP) is 1.03. The average Bonchev–Trinajstić information content (AvgIpc) is 3.10. The van der Waals surface area contributed by atoms with E-state index >= 15 is 0 Å². The zero-order chi connectivity index (χ0) is 17.3. The molecule has 0 aromatic carbocycles. The molecule has 1 atom stereocenters. The maximum atomic E-state index is 11.0. The molecule has 1 saturated heterocycles. The van der Waals surface area contributed by atoms with Crippen LogP contribution in [0.2, 0.25) is 0 Å². The number of halogens is 1. The van der Waals surface area contributed by atoms with Crippen LogP contribution >= 0.6 is 12.4 Å². The summed E-state index contributed by atoms with van der Waals surface area (Å²) in [5, 5.41) is 22.6. The lowest BCUT2D eigenvalue weighted by atomic mass is 10.2. The number of hydrogen-bond donors (Lipinski definition) is 1. The van der Waals surface area contributed by atoms with Gasteiger partial charge in [0.15, 0.2) is 5.82 Å². The van der Waals surface area contributed by atoms with Gasteiger partial charge in [0, 0.05) is 26.1 Å². The van der Waals surface area contributed by atoms with Crippen molar-refractivity contribution in [3.8, 4) is 0 Å². The molecule has 0 saturated carbocycles. The molecule has 1 unspecified atom stereocenters. The number of aromatic nitrogens is 4. The Morgan fingerprint density at radius 2 is 2.20 bits per heavy atom. The van der Waals surface area contributed by atoms with Crippen molar-refractivity contribution in [1.82, 2.24) is 30.1 Å². The fourth-order valence-corrected chi connectivity index (χ4v) is 2.97. The van der Waals surface area contributed by atoms with Crippen molar-refractivity contribution in [2.75, 3.05) is 26.7 Å². The first-order chi connectivity index (χ1) is 11.5. The van der Waals surface area contributed by atoms with Crippen LogP contribution in [0.25, 0.3) is 0 Å². The molecule has 0 radical (unpaired) electrons. The Morgan fingerprint density at radius 3 is 2.84 bits per heavy atom. The van der Waals surface area contributed by atoms with Gasteiger partial charge in [-0.05, 0) is 20.9 Å². The third-order valence-corrected chi connectivity index (χ3v) is 4.36. The van der Waals surface area contributed by atoms with Gasteiger partial charge in [-0.15, -0.1) is 12.4 Å². The second kappa shape index (κ2) is 7.89. The molecule has 1 aliphatic heterocycles. The van der Waals surface area contributed by atoms with Gasteiger partial charge in [0.2, 0.25) is 5.89 Å². The van der Waals surface area contributed by atoms with E-state index in [1.807, 2.05) is 7.05 Å². The van der Waals surface area contributed by atoms with E-state index in [1.165, 1.54) is 0 Å². The summed E-state index contributed by atoms with van der Waals surface area (Å²) in [6, 6.07) is 0.103. The number of nitrogens with one attached hydrogen (secondary N) is 1. The molecule has 138 valence electrons. The molecule has 0 aliphatic carbocycles. The zero-order valence-corrected chi connectivity index (χ0v) is 15.2. The maximum Gasteiger partial charge on any atom is 0.312 e. The molecule has 11 heteroatoms. The quantitative estimate of drug-likeness (QED) is 0.612. The van der Waals surface area contributed by atoms with Gasteiger partial charge in [-0.25, -0.2) is 0 Å². The Balaban J connectivity index is 0.00000225. The van der Waals surface area contributed by atoms with E-state index in [0.29, 0.717) is 36.1 Å². The summed E-state index contributed by atoms with van der Waals surface area (Å²) in [7, 11) is 2.04. The number of rotatable bonds is 5.